The Morgan fingerprint density at radius 2 is 1.85 bits per heavy atom. The normalized spacial score (nSPS) is 12.1. The quantitative estimate of drug-likeness (QED) is 0.839. The molecule has 0 fully saturated rings. The van der Waals surface area contributed by atoms with E-state index < -0.39 is 15.8 Å². The third-order valence-electron chi connectivity index (χ3n) is 2.99. The molecule has 4 nitrogen and oxygen atoms in total. The van der Waals surface area contributed by atoms with Gasteiger partial charge < -0.3 is 5.32 Å². The summed E-state index contributed by atoms with van der Waals surface area (Å²) in [5.74, 6) is -0.715. The van der Waals surface area contributed by atoms with Crippen molar-refractivity contribution >= 4 is 21.6 Å². The van der Waals surface area contributed by atoms with Gasteiger partial charge in [-0.15, -0.1) is 0 Å². The molecule has 0 radical (unpaired) electrons. The molecule has 1 rings (SSSR count). The lowest BCUT2D eigenvalue weighted by molar-refractivity contribution is 0.444. The predicted octanol–water partition coefficient (Wildman–Crippen LogP) is 2.62. The van der Waals surface area contributed by atoms with Crippen molar-refractivity contribution in [2.75, 3.05) is 19.6 Å². The first-order valence-corrected chi connectivity index (χ1v) is 8.39. The van der Waals surface area contributed by atoms with Crippen LogP contribution in [0.5, 0.6) is 0 Å². The molecule has 0 amide bonds. The first kappa shape index (κ1) is 17.4. The van der Waals surface area contributed by atoms with Crippen LogP contribution in [0.15, 0.2) is 17.0 Å². The monoisotopic (exact) mass is 322 g/mol. The second-order valence-electron chi connectivity index (χ2n) is 4.25. The molecular weight excluding hydrogens is 303 g/mol. The van der Waals surface area contributed by atoms with Crippen molar-refractivity contribution in [1.82, 2.24) is 9.62 Å². The fourth-order valence-electron chi connectivity index (χ4n) is 1.87. The van der Waals surface area contributed by atoms with E-state index in [1.807, 2.05) is 6.92 Å². The third kappa shape index (κ3) is 3.69. The van der Waals surface area contributed by atoms with Gasteiger partial charge in [0.05, 0.1) is 9.92 Å². The van der Waals surface area contributed by atoms with Crippen molar-refractivity contribution in [2.24, 2.45) is 0 Å². The Morgan fingerprint density at radius 3 is 2.35 bits per heavy atom. The van der Waals surface area contributed by atoms with Gasteiger partial charge in [0.15, 0.2) is 0 Å². The maximum absolute atomic E-state index is 13.8. The minimum atomic E-state index is -3.68. The first-order valence-electron chi connectivity index (χ1n) is 6.57. The van der Waals surface area contributed by atoms with Crippen molar-refractivity contribution in [3.8, 4) is 0 Å². The molecule has 20 heavy (non-hydrogen) atoms. The van der Waals surface area contributed by atoms with E-state index in [1.54, 1.807) is 13.8 Å². The minimum absolute atomic E-state index is 0.0375. The first-order chi connectivity index (χ1) is 9.38. The second-order valence-corrected chi connectivity index (χ2v) is 6.56. The van der Waals surface area contributed by atoms with Crippen molar-refractivity contribution < 1.29 is 12.8 Å². The molecule has 0 aliphatic rings. The van der Waals surface area contributed by atoms with E-state index in [4.69, 9.17) is 11.6 Å². The third-order valence-corrected chi connectivity index (χ3v) is 5.44. The molecule has 0 unspecified atom stereocenters. The maximum atomic E-state index is 13.8. The van der Waals surface area contributed by atoms with Crippen molar-refractivity contribution in [3.63, 3.8) is 0 Å². The van der Waals surface area contributed by atoms with Crippen molar-refractivity contribution in [2.45, 2.75) is 32.2 Å². The summed E-state index contributed by atoms with van der Waals surface area (Å²) in [6.07, 6.45) is 0. The van der Waals surface area contributed by atoms with Crippen LogP contribution in [0.3, 0.4) is 0 Å². The molecule has 0 bridgehead atoms. The molecule has 114 valence electrons. The molecule has 0 atom stereocenters. The lowest BCUT2D eigenvalue weighted by Crippen LogP contribution is -2.30. The SMILES string of the molecule is CCNCc1cc(S(=O)(=O)N(CC)CC)cc(F)c1Cl. The predicted molar refractivity (Wildman–Crippen MR) is 78.9 cm³/mol. The van der Waals surface area contributed by atoms with Gasteiger partial charge in [0.2, 0.25) is 10.0 Å². The smallest absolute Gasteiger partial charge is 0.243 e. The van der Waals surface area contributed by atoms with Crippen LogP contribution in [0.2, 0.25) is 5.02 Å². The summed E-state index contributed by atoms with van der Waals surface area (Å²) in [6.45, 7) is 7.08. The molecule has 1 N–H and O–H groups in total. The van der Waals surface area contributed by atoms with Gasteiger partial charge in [0, 0.05) is 19.6 Å². The minimum Gasteiger partial charge on any atom is -0.313 e. The van der Waals surface area contributed by atoms with Crippen LogP contribution in [0.4, 0.5) is 4.39 Å². The van der Waals surface area contributed by atoms with E-state index in [0.29, 0.717) is 31.7 Å². The Morgan fingerprint density at radius 1 is 1.25 bits per heavy atom. The summed E-state index contributed by atoms with van der Waals surface area (Å²) in [5, 5.41) is 2.97. The van der Waals surface area contributed by atoms with Crippen LogP contribution in [0.25, 0.3) is 0 Å². The number of nitrogens with zero attached hydrogens (tertiary/aromatic N) is 1. The lowest BCUT2D eigenvalue weighted by atomic mass is 10.2. The number of benzene rings is 1. The zero-order valence-corrected chi connectivity index (χ0v) is 13.5. The molecule has 1 aromatic rings. The zero-order valence-electron chi connectivity index (χ0n) is 11.9. The summed E-state index contributed by atoms with van der Waals surface area (Å²) in [4.78, 5) is -0.0593. The van der Waals surface area contributed by atoms with E-state index in [-0.39, 0.29) is 9.92 Å². The van der Waals surface area contributed by atoms with E-state index in [0.717, 1.165) is 6.07 Å². The molecule has 0 aliphatic heterocycles. The van der Waals surface area contributed by atoms with Crippen LogP contribution < -0.4 is 5.32 Å². The Hall–Kier alpha value is -0.690. The summed E-state index contributed by atoms with van der Waals surface area (Å²) in [6, 6.07) is 2.41. The topological polar surface area (TPSA) is 49.4 Å². The van der Waals surface area contributed by atoms with Crippen LogP contribution in [-0.2, 0) is 16.6 Å². The highest BCUT2D eigenvalue weighted by Gasteiger charge is 2.24. The van der Waals surface area contributed by atoms with Gasteiger partial charge in [0.25, 0.3) is 0 Å². The molecular formula is C13H20ClFN2O2S. The highest BCUT2D eigenvalue weighted by molar-refractivity contribution is 7.89. The Kier molecular flexibility index (Phi) is 6.39. The fourth-order valence-corrected chi connectivity index (χ4v) is 3.57. The van der Waals surface area contributed by atoms with Gasteiger partial charge in [-0.1, -0.05) is 32.4 Å². The summed E-state index contributed by atoms with van der Waals surface area (Å²) in [5.41, 5.74) is 0.444. The van der Waals surface area contributed by atoms with Crippen molar-refractivity contribution in [1.29, 1.82) is 0 Å². The van der Waals surface area contributed by atoms with Crippen LogP contribution >= 0.6 is 11.6 Å². The second kappa shape index (κ2) is 7.36. The molecule has 7 heteroatoms. The number of halogens is 2. The molecule has 1 aromatic carbocycles. The highest BCUT2D eigenvalue weighted by Crippen LogP contribution is 2.26. The average Bonchev–Trinajstić information content (AvgIpc) is 2.41. The zero-order chi connectivity index (χ0) is 15.3. The summed E-state index contributed by atoms with van der Waals surface area (Å²) < 4.78 is 39.9. The maximum Gasteiger partial charge on any atom is 0.243 e. The van der Waals surface area contributed by atoms with Crippen molar-refractivity contribution in [3.05, 3.63) is 28.5 Å². The number of hydrogen-bond acceptors (Lipinski definition) is 3. The summed E-state index contributed by atoms with van der Waals surface area (Å²) in [7, 11) is -3.68. The molecule has 0 saturated carbocycles. The van der Waals surface area contributed by atoms with E-state index in [9.17, 15) is 12.8 Å². The standard InChI is InChI=1S/C13H20ClFN2O2S/c1-4-16-9-10-7-11(8-12(15)13(10)14)20(18,19)17(5-2)6-3/h7-8,16H,4-6,9H2,1-3H3. The largest absolute Gasteiger partial charge is 0.313 e. The fraction of sp³-hybridized carbons (Fsp3) is 0.538. The van der Waals surface area contributed by atoms with E-state index in [1.165, 1.54) is 10.4 Å². The number of hydrogen-bond donors (Lipinski definition) is 1. The lowest BCUT2D eigenvalue weighted by Gasteiger charge is -2.19. The average molecular weight is 323 g/mol. The number of nitrogens with one attached hydrogen (secondary N) is 1. The molecule has 0 aromatic heterocycles. The Bertz CT molecular complexity index is 560. The van der Waals surface area contributed by atoms with Gasteiger partial charge in [-0.25, -0.2) is 12.8 Å². The summed E-state index contributed by atoms with van der Waals surface area (Å²) >= 11 is 5.87. The highest BCUT2D eigenvalue weighted by atomic mass is 35.5. The van der Waals surface area contributed by atoms with E-state index >= 15 is 0 Å². The molecule has 0 aliphatic carbocycles. The number of rotatable bonds is 7. The van der Waals surface area contributed by atoms with Crippen LogP contribution in [-0.4, -0.2) is 32.4 Å². The van der Waals surface area contributed by atoms with Crippen LogP contribution in [0.1, 0.15) is 26.3 Å². The van der Waals surface area contributed by atoms with Gasteiger partial charge in [0.1, 0.15) is 5.82 Å². The Labute approximate surface area is 125 Å². The van der Waals surface area contributed by atoms with E-state index in [2.05, 4.69) is 5.32 Å². The van der Waals surface area contributed by atoms with Crippen LogP contribution in [0, 0.1) is 5.82 Å². The molecule has 0 spiro atoms. The molecule has 0 heterocycles. The van der Waals surface area contributed by atoms with Gasteiger partial charge in [-0.05, 0) is 24.2 Å². The van der Waals surface area contributed by atoms with Gasteiger partial charge in [-0.3, -0.25) is 0 Å². The Balaban J connectivity index is 3.29. The molecule has 0 saturated heterocycles. The van der Waals surface area contributed by atoms with Gasteiger partial charge in [-0.2, -0.15) is 4.31 Å². The number of sulfonamides is 1. The van der Waals surface area contributed by atoms with Gasteiger partial charge >= 0.3 is 0 Å².